The quantitative estimate of drug-likeness (QED) is 0.462. The van der Waals surface area contributed by atoms with E-state index in [1.807, 2.05) is 54.6 Å². The fourth-order valence-electron chi connectivity index (χ4n) is 3.89. The molecule has 36 heavy (non-hydrogen) atoms. The fourth-order valence-corrected chi connectivity index (χ4v) is 3.89. The molecule has 2 heterocycles. The van der Waals surface area contributed by atoms with Gasteiger partial charge in [0, 0.05) is 24.2 Å². The first-order valence-corrected chi connectivity index (χ1v) is 11.9. The van der Waals surface area contributed by atoms with Crippen molar-refractivity contribution in [2.75, 3.05) is 0 Å². The number of carboxylic acid groups (broad SMARTS) is 1. The fraction of sp³-hybridized carbons (Fsp3) is 0.250. The summed E-state index contributed by atoms with van der Waals surface area (Å²) in [4.78, 5) is 26.9. The number of aliphatic carboxylic acids is 1. The van der Waals surface area contributed by atoms with E-state index in [9.17, 15) is 14.7 Å². The first kappa shape index (κ1) is 26.3. The second-order valence-electron chi connectivity index (χ2n) is 8.66. The second-order valence-corrected chi connectivity index (χ2v) is 8.66. The van der Waals surface area contributed by atoms with E-state index in [4.69, 9.17) is 11.5 Å². The van der Waals surface area contributed by atoms with Gasteiger partial charge in [-0.15, -0.1) is 0 Å². The highest BCUT2D eigenvalue weighted by Gasteiger charge is 2.36. The third kappa shape index (κ3) is 6.02. The number of fused-ring (bicyclic) bond motifs is 1. The monoisotopic (exact) mass is 487 g/mol. The van der Waals surface area contributed by atoms with Crippen molar-refractivity contribution < 1.29 is 14.7 Å². The molecule has 8 heteroatoms. The summed E-state index contributed by atoms with van der Waals surface area (Å²) < 4.78 is 1.47. The molecule has 0 saturated heterocycles. The predicted molar refractivity (Wildman–Crippen MR) is 141 cm³/mol. The summed E-state index contributed by atoms with van der Waals surface area (Å²) in [5, 5.41) is 14.3. The number of carbonyl (C=O) groups excluding carboxylic acids is 1. The Balaban J connectivity index is 0.00000115. The zero-order valence-electron chi connectivity index (χ0n) is 20.9. The van der Waals surface area contributed by atoms with Gasteiger partial charge in [0.25, 0.3) is 5.91 Å². The molecule has 3 aromatic rings. The van der Waals surface area contributed by atoms with Gasteiger partial charge in [-0.25, -0.2) is 9.48 Å². The molecule has 4 rings (SSSR count). The number of hydrogen-bond donors (Lipinski definition) is 3. The van der Waals surface area contributed by atoms with E-state index >= 15 is 0 Å². The van der Waals surface area contributed by atoms with Gasteiger partial charge in [-0.3, -0.25) is 4.79 Å². The molecular weight excluding hydrogens is 454 g/mol. The van der Waals surface area contributed by atoms with E-state index in [-0.39, 0.29) is 24.5 Å². The molecule has 0 spiro atoms. The third-order valence-electron chi connectivity index (χ3n) is 5.55. The van der Waals surface area contributed by atoms with Crippen molar-refractivity contribution >= 4 is 17.7 Å². The number of amides is 1. The first-order valence-electron chi connectivity index (χ1n) is 11.9. The summed E-state index contributed by atoms with van der Waals surface area (Å²) in [6.45, 7) is 6.18. The summed E-state index contributed by atoms with van der Waals surface area (Å²) in [5.74, 6) is -1.24. The lowest BCUT2D eigenvalue weighted by Crippen LogP contribution is -2.48. The lowest BCUT2D eigenvalue weighted by Gasteiger charge is -2.34. The molecule has 2 aromatic carbocycles. The second kappa shape index (κ2) is 11.9. The van der Waals surface area contributed by atoms with Crippen molar-refractivity contribution in [2.24, 2.45) is 11.5 Å². The predicted octanol–water partition coefficient (Wildman–Crippen LogP) is 4.24. The van der Waals surface area contributed by atoms with Gasteiger partial charge in [0.15, 0.2) is 5.69 Å². The van der Waals surface area contributed by atoms with Crippen LogP contribution < -0.4 is 11.5 Å². The van der Waals surface area contributed by atoms with Crippen LogP contribution >= 0.6 is 0 Å². The average molecular weight is 488 g/mol. The molecule has 0 radical (unpaired) electrons. The normalized spacial score (nSPS) is 15.5. The molecule has 0 saturated carbocycles. The van der Waals surface area contributed by atoms with Crippen LogP contribution in [0.3, 0.4) is 0 Å². The molecule has 0 bridgehead atoms. The van der Waals surface area contributed by atoms with E-state index < -0.39 is 17.9 Å². The van der Waals surface area contributed by atoms with Gasteiger partial charge in [-0.1, -0.05) is 74.9 Å². The van der Waals surface area contributed by atoms with Gasteiger partial charge in [0.1, 0.15) is 11.9 Å². The highest BCUT2D eigenvalue weighted by molar-refractivity contribution is 5.96. The summed E-state index contributed by atoms with van der Waals surface area (Å²) in [5.41, 5.74) is 15.9. The molecule has 1 aromatic heterocycles. The summed E-state index contributed by atoms with van der Waals surface area (Å²) >= 11 is 0. The minimum absolute atomic E-state index is 0.115. The Hall–Kier alpha value is -4.33. The SMILES string of the molecule is C/C(N)=C/C=C(\N)n1nc(C(=O)N2Cc3ccccc3C[C@H]2C(=O)O)cc1-c1ccccc1.CCC. The standard InChI is InChI=1S/C25H25N5O3.C3H8/c1-16(26)11-12-23(27)30-21(17-7-3-2-4-8-17)14-20(28-30)24(31)29-15-19-10-6-5-9-18(19)13-22(29)25(32)33;1-3-2/h2-12,14,22H,13,15,26-27H2,1H3,(H,32,33);3H2,1-2H3/b16-11-,23-12+;/t22-;/m0./s1. The largest absolute Gasteiger partial charge is 0.480 e. The van der Waals surface area contributed by atoms with Crippen molar-refractivity contribution in [3.63, 3.8) is 0 Å². The van der Waals surface area contributed by atoms with Crippen LogP contribution in [0.2, 0.25) is 0 Å². The Bertz CT molecular complexity index is 1270. The van der Waals surface area contributed by atoms with Crippen molar-refractivity contribution in [1.29, 1.82) is 0 Å². The summed E-state index contributed by atoms with van der Waals surface area (Å²) in [6.07, 6.45) is 4.75. The third-order valence-corrected chi connectivity index (χ3v) is 5.55. The summed E-state index contributed by atoms with van der Waals surface area (Å²) in [7, 11) is 0. The molecule has 0 fully saturated rings. The van der Waals surface area contributed by atoms with Crippen LogP contribution in [-0.2, 0) is 17.8 Å². The van der Waals surface area contributed by atoms with Crippen molar-refractivity contribution in [3.05, 3.63) is 95.3 Å². The molecule has 8 nitrogen and oxygen atoms in total. The number of carbonyl (C=O) groups is 2. The maximum Gasteiger partial charge on any atom is 0.326 e. The number of benzene rings is 2. The maximum atomic E-state index is 13.5. The Morgan fingerprint density at radius 1 is 1.03 bits per heavy atom. The lowest BCUT2D eigenvalue weighted by molar-refractivity contribution is -0.142. The Morgan fingerprint density at radius 2 is 1.64 bits per heavy atom. The highest BCUT2D eigenvalue weighted by Crippen LogP contribution is 2.27. The number of nitrogens with two attached hydrogens (primary N) is 2. The lowest BCUT2D eigenvalue weighted by atomic mass is 9.93. The van der Waals surface area contributed by atoms with Gasteiger partial charge in [0.05, 0.1) is 5.69 Å². The van der Waals surface area contributed by atoms with Gasteiger partial charge < -0.3 is 21.5 Å². The van der Waals surface area contributed by atoms with Crippen LogP contribution in [-0.4, -0.2) is 37.7 Å². The van der Waals surface area contributed by atoms with E-state index in [2.05, 4.69) is 18.9 Å². The Kier molecular flexibility index (Phi) is 8.67. The zero-order valence-corrected chi connectivity index (χ0v) is 20.9. The van der Waals surface area contributed by atoms with E-state index in [1.165, 1.54) is 16.0 Å². The minimum Gasteiger partial charge on any atom is -0.480 e. The number of allylic oxidation sites excluding steroid dienone is 3. The zero-order chi connectivity index (χ0) is 26.2. The van der Waals surface area contributed by atoms with Crippen LogP contribution in [0, 0.1) is 0 Å². The number of hydrogen-bond acceptors (Lipinski definition) is 5. The molecule has 1 aliphatic heterocycles. The Morgan fingerprint density at radius 3 is 2.25 bits per heavy atom. The molecular formula is C28H33N5O3. The van der Waals surface area contributed by atoms with Crippen LogP contribution in [0.25, 0.3) is 17.1 Å². The van der Waals surface area contributed by atoms with Crippen LogP contribution in [0.5, 0.6) is 0 Å². The smallest absolute Gasteiger partial charge is 0.326 e. The molecule has 0 aliphatic carbocycles. The van der Waals surface area contributed by atoms with Gasteiger partial charge in [0.2, 0.25) is 0 Å². The molecule has 188 valence electrons. The number of nitrogens with zero attached hydrogens (tertiary/aromatic N) is 3. The van der Waals surface area contributed by atoms with Crippen LogP contribution in [0.1, 0.15) is 48.8 Å². The van der Waals surface area contributed by atoms with Gasteiger partial charge in [-0.05, 0) is 36.3 Å². The van der Waals surface area contributed by atoms with E-state index in [0.717, 1.165) is 16.7 Å². The molecule has 1 atom stereocenters. The Labute approximate surface area is 211 Å². The summed E-state index contributed by atoms with van der Waals surface area (Å²) in [6, 6.07) is 17.6. The minimum atomic E-state index is -1.05. The average Bonchev–Trinajstić information content (AvgIpc) is 3.32. The van der Waals surface area contributed by atoms with Crippen molar-refractivity contribution in [3.8, 4) is 11.3 Å². The van der Waals surface area contributed by atoms with Crippen molar-refractivity contribution in [2.45, 2.75) is 46.2 Å². The molecule has 5 N–H and O–H groups in total. The van der Waals surface area contributed by atoms with E-state index in [0.29, 0.717) is 11.4 Å². The van der Waals surface area contributed by atoms with Crippen molar-refractivity contribution in [1.82, 2.24) is 14.7 Å². The highest BCUT2D eigenvalue weighted by atomic mass is 16.4. The number of carboxylic acids is 1. The topological polar surface area (TPSA) is 127 Å². The molecule has 1 aliphatic rings. The molecule has 0 unspecified atom stereocenters. The number of rotatable bonds is 5. The van der Waals surface area contributed by atoms with E-state index in [1.54, 1.807) is 25.1 Å². The molecule has 1 amide bonds. The first-order chi connectivity index (χ1) is 17.3. The number of aromatic nitrogens is 2. The van der Waals surface area contributed by atoms with Crippen LogP contribution in [0.4, 0.5) is 0 Å². The van der Waals surface area contributed by atoms with Crippen LogP contribution in [0.15, 0.2) is 78.5 Å². The van der Waals surface area contributed by atoms with Gasteiger partial charge in [-0.2, -0.15) is 5.10 Å². The maximum absolute atomic E-state index is 13.5. The van der Waals surface area contributed by atoms with Gasteiger partial charge >= 0.3 is 5.97 Å².